The largest absolute Gasteiger partial charge is 0.489 e. The van der Waals surface area contributed by atoms with E-state index in [0.29, 0.717) is 18.0 Å². The Bertz CT molecular complexity index is 787. The number of benzene rings is 2. The maximum atomic E-state index is 12.5. The van der Waals surface area contributed by atoms with Crippen LogP contribution in [0.4, 0.5) is 11.4 Å². The van der Waals surface area contributed by atoms with Gasteiger partial charge in [0, 0.05) is 12.7 Å². The van der Waals surface area contributed by atoms with Crippen LogP contribution in [0.1, 0.15) is 29.6 Å². The predicted molar refractivity (Wildman–Crippen MR) is 96.6 cm³/mol. The smallest absolute Gasteiger partial charge is 0.282 e. The molecule has 0 saturated carbocycles. The van der Waals surface area contributed by atoms with Crippen LogP contribution < -0.4 is 10.1 Å². The average Bonchev–Trinajstić information content (AvgIpc) is 2.68. The first-order valence-corrected chi connectivity index (χ1v) is 8.53. The molecular formula is C19H20N2O5. The van der Waals surface area contributed by atoms with E-state index in [0.717, 1.165) is 25.9 Å². The molecule has 1 fully saturated rings. The van der Waals surface area contributed by atoms with Crippen molar-refractivity contribution in [3.63, 3.8) is 0 Å². The van der Waals surface area contributed by atoms with Gasteiger partial charge in [0.05, 0.1) is 16.7 Å². The number of nitrogens with one attached hydrogen (secondary N) is 1. The lowest BCUT2D eigenvalue weighted by Gasteiger charge is -2.23. The molecule has 7 heteroatoms. The normalized spacial score (nSPS) is 16.7. The fourth-order valence-corrected chi connectivity index (χ4v) is 2.83. The highest BCUT2D eigenvalue weighted by molar-refractivity contribution is 6.07. The Hall–Kier alpha value is -2.93. The summed E-state index contributed by atoms with van der Waals surface area (Å²) in [5.41, 5.74) is 0.230. The molecule has 1 aliphatic heterocycles. The quantitative estimate of drug-likeness (QED) is 0.628. The van der Waals surface area contributed by atoms with Crippen LogP contribution >= 0.6 is 0 Å². The van der Waals surface area contributed by atoms with E-state index in [2.05, 4.69) is 5.32 Å². The molecule has 1 amide bonds. The van der Waals surface area contributed by atoms with Crippen molar-refractivity contribution in [1.29, 1.82) is 0 Å². The van der Waals surface area contributed by atoms with Gasteiger partial charge in [0.2, 0.25) is 0 Å². The molecular weight excluding hydrogens is 336 g/mol. The van der Waals surface area contributed by atoms with Gasteiger partial charge in [-0.2, -0.15) is 0 Å². The molecule has 2 aromatic rings. The maximum Gasteiger partial charge on any atom is 0.282 e. The van der Waals surface area contributed by atoms with Crippen molar-refractivity contribution in [2.75, 3.05) is 18.5 Å². The van der Waals surface area contributed by atoms with Crippen LogP contribution in [0.25, 0.3) is 0 Å². The van der Waals surface area contributed by atoms with Crippen LogP contribution in [0.15, 0.2) is 48.5 Å². The van der Waals surface area contributed by atoms with Crippen LogP contribution in [-0.4, -0.2) is 30.1 Å². The molecule has 1 aliphatic rings. The van der Waals surface area contributed by atoms with Gasteiger partial charge in [0.15, 0.2) is 0 Å². The zero-order valence-electron chi connectivity index (χ0n) is 14.2. The minimum Gasteiger partial charge on any atom is -0.489 e. The summed E-state index contributed by atoms with van der Waals surface area (Å²) in [5, 5.41) is 13.8. The van der Waals surface area contributed by atoms with Crippen LogP contribution in [0, 0.1) is 10.1 Å². The Morgan fingerprint density at radius 1 is 1.19 bits per heavy atom. The number of hydrogen-bond donors (Lipinski definition) is 1. The third-order valence-electron chi connectivity index (χ3n) is 4.18. The molecule has 0 spiro atoms. The topological polar surface area (TPSA) is 90.7 Å². The number of nitro benzene ring substituents is 1. The van der Waals surface area contributed by atoms with Gasteiger partial charge < -0.3 is 14.8 Å². The highest BCUT2D eigenvalue weighted by Gasteiger charge is 2.21. The molecule has 1 N–H and O–H groups in total. The number of amides is 1. The molecule has 0 bridgehead atoms. The second-order valence-electron chi connectivity index (χ2n) is 6.02. The van der Waals surface area contributed by atoms with E-state index in [1.54, 1.807) is 30.3 Å². The molecule has 26 heavy (non-hydrogen) atoms. The highest BCUT2D eigenvalue weighted by atomic mass is 16.6. The number of nitro groups is 1. The van der Waals surface area contributed by atoms with E-state index >= 15 is 0 Å². The van der Waals surface area contributed by atoms with Gasteiger partial charge in [-0.1, -0.05) is 24.3 Å². The number of anilines is 1. The molecule has 0 aliphatic carbocycles. The molecule has 7 nitrogen and oxygen atoms in total. The minimum atomic E-state index is -0.572. The van der Waals surface area contributed by atoms with E-state index < -0.39 is 10.8 Å². The zero-order valence-corrected chi connectivity index (χ0v) is 14.2. The fraction of sp³-hybridized carbons (Fsp3) is 0.316. The molecule has 1 heterocycles. The van der Waals surface area contributed by atoms with E-state index in [9.17, 15) is 14.9 Å². The number of rotatable bonds is 6. The van der Waals surface area contributed by atoms with Crippen molar-refractivity contribution in [3.8, 4) is 5.75 Å². The van der Waals surface area contributed by atoms with Crippen molar-refractivity contribution < 1.29 is 19.2 Å². The number of carbonyl (C=O) groups excluding carboxylic acids is 1. The van der Waals surface area contributed by atoms with Crippen molar-refractivity contribution in [2.24, 2.45) is 0 Å². The molecule has 0 unspecified atom stereocenters. The maximum absolute atomic E-state index is 12.5. The number of ether oxygens (including phenoxy) is 2. The Balaban J connectivity index is 1.72. The van der Waals surface area contributed by atoms with Gasteiger partial charge in [-0.25, -0.2) is 0 Å². The highest BCUT2D eigenvalue weighted by Crippen LogP contribution is 2.27. The predicted octanol–water partition coefficient (Wildman–Crippen LogP) is 3.80. The van der Waals surface area contributed by atoms with Crippen LogP contribution in [0.5, 0.6) is 5.75 Å². The second-order valence-corrected chi connectivity index (χ2v) is 6.02. The third kappa shape index (κ3) is 4.37. The lowest BCUT2D eigenvalue weighted by molar-refractivity contribution is -0.385. The lowest BCUT2D eigenvalue weighted by Crippen LogP contribution is -2.26. The van der Waals surface area contributed by atoms with Gasteiger partial charge in [0.25, 0.3) is 11.6 Å². The van der Waals surface area contributed by atoms with Crippen LogP contribution in [0.2, 0.25) is 0 Å². The number of hydrogen-bond acceptors (Lipinski definition) is 5. The summed E-state index contributed by atoms with van der Waals surface area (Å²) in [4.78, 5) is 23.0. The van der Waals surface area contributed by atoms with E-state index in [1.807, 2.05) is 0 Å². The number of para-hydroxylation sites is 3. The molecule has 0 radical (unpaired) electrons. The first-order valence-electron chi connectivity index (χ1n) is 8.53. The Kier molecular flexibility index (Phi) is 5.80. The molecule has 1 saturated heterocycles. The monoisotopic (exact) mass is 356 g/mol. The standard InChI is InChI=1S/C19H20N2O5/c22-19(15-8-1-3-10-17(15)21(23)24)20-16-9-2-4-11-18(16)26-13-14-7-5-6-12-25-14/h1-4,8-11,14H,5-7,12-13H2,(H,20,22)/t14-/m0/s1. The summed E-state index contributed by atoms with van der Waals surface area (Å²) < 4.78 is 11.5. The number of nitrogens with zero attached hydrogens (tertiary/aromatic N) is 1. The molecule has 2 aromatic carbocycles. The third-order valence-corrected chi connectivity index (χ3v) is 4.18. The average molecular weight is 356 g/mol. The Morgan fingerprint density at radius 3 is 2.73 bits per heavy atom. The summed E-state index contributed by atoms with van der Waals surface area (Å²) in [6, 6.07) is 12.9. The van der Waals surface area contributed by atoms with Crippen molar-refractivity contribution in [2.45, 2.75) is 25.4 Å². The van der Waals surface area contributed by atoms with Gasteiger partial charge in [0.1, 0.15) is 17.9 Å². The van der Waals surface area contributed by atoms with Crippen molar-refractivity contribution >= 4 is 17.3 Å². The number of carbonyl (C=O) groups is 1. The Labute approximate surface area is 151 Å². The van der Waals surface area contributed by atoms with Crippen LogP contribution in [-0.2, 0) is 4.74 Å². The second kappa shape index (κ2) is 8.44. The lowest BCUT2D eigenvalue weighted by atomic mass is 10.1. The summed E-state index contributed by atoms with van der Waals surface area (Å²) in [5.74, 6) is -0.0455. The van der Waals surface area contributed by atoms with Crippen molar-refractivity contribution in [1.82, 2.24) is 0 Å². The first kappa shape index (κ1) is 17.9. The Morgan fingerprint density at radius 2 is 1.96 bits per heavy atom. The van der Waals surface area contributed by atoms with E-state index in [-0.39, 0.29) is 17.4 Å². The molecule has 136 valence electrons. The van der Waals surface area contributed by atoms with Gasteiger partial charge in [-0.15, -0.1) is 0 Å². The van der Waals surface area contributed by atoms with Gasteiger partial charge >= 0.3 is 0 Å². The molecule has 3 rings (SSSR count). The summed E-state index contributed by atoms with van der Waals surface area (Å²) in [6.45, 7) is 1.14. The van der Waals surface area contributed by atoms with E-state index in [1.165, 1.54) is 18.2 Å². The summed E-state index contributed by atoms with van der Waals surface area (Å²) in [6.07, 6.45) is 3.18. The SMILES string of the molecule is O=C(Nc1ccccc1OC[C@@H]1CCCCO1)c1ccccc1[N+](=O)[O-]. The molecule has 1 atom stereocenters. The van der Waals surface area contributed by atoms with Gasteiger partial charge in [-0.3, -0.25) is 14.9 Å². The van der Waals surface area contributed by atoms with Crippen molar-refractivity contribution in [3.05, 3.63) is 64.2 Å². The first-order chi connectivity index (χ1) is 12.6. The summed E-state index contributed by atoms with van der Waals surface area (Å²) >= 11 is 0. The van der Waals surface area contributed by atoms with Gasteiger partial charge in [-0.05, 0) is 37.5 Å². The molecule has 0 aromatic heterocycles. The zero-order chi connectivity index (χ0) is 18.4. The summed E-state index contributed by atoms with van der Waals surface area (Å²) in [7, 11) is 0. The fourth-order valence-electron chi connectivity index (χ4n) is 2.83. The van der Waals surface area contributed by atoms with Crippen LogP contribution in [0.3, 0.4) is 0 Å². The minimum absolute atomic E-state index is 0.00270. The van der Waals surface area contributed by atoms with E-state index in [4.69, 9.17) is 9.47 Å².